The Bertz CT molecular complexity index is 1300. The molecule has 4 heterocycles. The van der Waals surface area contributed by atoms with Crippen molar-refractivity contribution in [2.75, 3.05) is 25.5 Å². The van der Waals surface area contributed by atoms with Gasteiger partial charge < -0.3 is 15.2 Å². The molecule has 7 heteroatoms. The van der Waals surface area contributed by atoms with E-state index < -0.39 is 0 Å². The van der Waals surface area contributed by atoms with E-state index in [0.717, 1.165) is 64.1 Å². The normalized spacial score (nSPS) is 16.7. The van der Waals surface area contributed by atoms with Crippen LogP contribution in [-0.2, 0) is 0 Å². The lowest BCUT2D eigenvalue weighted by molar-refractivity contribution is 0.533. The smallest absolute Gasteiger partial charge is 0.260 e. The summed E-state index contributed by atoms with van der Waals surface area (Å²) in [6.45, 7) is 5.80. The first-order valence-corrected chi connectivity index (χ1v) is 9.96. The molecule has 0 bridgehead atoms. The van der Waals surface area contributed by atoms with Gasteiger partial charge in [-0.2, -0.15) is 5.10 Å². The largest absolute Gasteiger partial charge is 0.387 e. The van der Waals surface area contributed by atoms with Crippen LogP contribution in [0.1, 0.15) is 23.7 Å². The van der Waals surface area contributed by atoms with Crippen LogP contribution in [0.3, 0.4) is 0 Å². The highest BCUT2D eigenvalue weighted by Gasteiger charge is 2.20. The fourth-order valence-electron chi connectivity index (χ4n) is 4.29. The topological polar surface area (TPSA) is 76.2 Å². The van der Waals surface area contributed by atoms with Crippen LogP contribution < -0.4 is 16.2 Å². The molecule has 7 nitrogen and oxygen atoms in total. The Hall–Kier alpha value is -3.19. The molecule has 0 spiro atoms. The molecule has 0 radical (unpaired) electrons. The zero-order valence-electron chi connectivity index (χ0n) is 16.9. The third-order valence-electron chi connectivity index (χ3n) is 5.75. The Morgan fingerprint density at radius 2 is 2.10 bits per heavy atom. The summed E-state index contributed by atoms with van der Waals surface area (Å²) in [4.78, 5) is 17.8. The van der Waals surface area contributed by atoms with Crippen molar-refractivity contribution in [3.05, 3.63) is 58.3 Å². The van der Waals surface area contributed by atoms with E-state index in [9.17, 15) is 4.79 Å². The fourth-order valence-corrected chi connectivity index (χ4v) is 4.29. The minimum atomic E-state index is 0.0527. The molecule has 1 atom stereocenters. The average Bonchev–Trinajstić information content (AvgIpc) is 3.36. The van der Waals surface area contributed by atoms with Gasteiger partial charge >= 0.3 is 0 Å². The third-order valence-corrected chi connectivity index (χ3v) is 5.75. The summed E-state index contributed by atoms with van der Waals surface area (Å²) in [5.41, 5.74) is 5.58. The molecule has 1 aliphatic rings. The fraction of sp³-hybridized carbons (Fsp3) is 0.318. The van der Waals surface area contributed by atoms with Gasteiger partial charge in [-0.1, -0.05) is 0 Å². The van der Waals surface area contributed by atoms with E-state index >= 15 is 0 Å². The zero-order valence-corrected chi connectivity index (χ0v) is 16.9. The van der Waals surface area contributed by atoms with Crippen molar-refractivity contribution in [3.8, 4) is 11.3 Å². The van der Waals surface area contributed by atoms with Gasteiger partial charge in [0.2, 0.25) is 0 Å². The van der Waals surface area contributed by atoms with Gasteiger partial charge in [0.25, 0.3) is 5.56 Å². The maximum absolute atomic E-state index is 13.2. The maximum atomic E-state index is 13.2. The highest BCUT2D eigenvalue weighted by atomic mass is 16.1. The molecule has 1 aliphatic heterocycles. The number of nitrogens with zero attached hydrogens (tertiary/aromatic N) is 4. The Morgan fingerprint density at radius 1 is 1.24 bits per heavy atom. The van der Waals surface area contributed by atoms with E-state index in [0.29, 0.717) is 0 Å². The summed E-state index contributed by atoms with van der Waals surface area (Å²) in [5, 5.41) is 12.9. The number of hydrogen-bond acceptors (Lipinski definition) is 5. The maximum Gasteiger partial charge on any atom is 0.260 e. The van der Waals surface area contributed by atoms with Gasteiger partial charge in [-0.05, 0) is 62.0 Å². The SMILES string of the molecule is CNc1cc(-c2cc(C)c3nc(C)cn3n2)cc2ccn([C@@H]3CCNC3)c(=O)c12. The van der Waals surface area contributed by atoms with Crippen LogP contribution >= 0.6 is 0 Å². The molecule has 4 aromatic rings. The molecule has 0 aliphatic carbocycles. The molecular weight excluding hydrogens is 364 g/mol. The highest BCUT2D eigenvalue weighted by molar-refractivity contribution is 5.96. The molecule has 3 aromatic heterocycles. The summed E-state index contributed by atoms with van der Waals surface area (Å²) in [5.74, 6) is 0. The summed E-state index contributed by atoms with van der Waals surface area (Å²) >= 11 is 0. The molecule has 148 valence electrons. The average molecular weight is 388 g/mol. The van der Waals surface area contributed by atoms with Crippen LogP contribution in [0, 0.1) is 13.8 Å². The van der Waals surface area contributed by atoms with Gasteiger partial charge in [-0.15, -0.1) is 0 Å². The van der Waals surface area contributed by atoms with E-state index in [1.165, 1.54) is 0 Å². The summed E-state index contributed by atoms with van der Waals surface area (Å²) in [7, 11) is 1.85. The molecule has 1 saturated heterocycles. The number of aryl methyl sites for hydroxylation is 2. The van der Waals surface area contributed by atoms with Crippen LogP contribution in [0.15, 0.2) is 41.5 Å². The first-order chi connectivity index (χ1) is 14.0. The van der Waals surface area contributed by atoms with Gasteiger partial charge in [0, 0.05) is 31.0 Å². The van der Waals surface area contributed by atoms with Crippen molar-refractivity contribution in [3.63, 3.8) is 0 Å². The first kappa shape index (κ1) is 17.9. The van der Waals surface area contributed by atoms with Gasteiger partial charge in [0.05, 0.1) is 29.0 Å². The minimum absolute atomic E-state index is 0.0527. The van der Waals surface area contributed by atoms with E-state index in [1.54, 1.807) is 0 Å². The number of aromatic nitrogens is 4. The molecule has 1 fully saturated rings. The van der Waals surface area contributed by atoms with E-state index in [-0.39, 0.29) is 11.6 Å². The van der Waals surface area contributed by atoms with Crippen LogP contribution in [-0.4, -0.2) is 39.3 Å². The summed E-state index contributed by atoms with van der Waals surface area (Å²) in [6, 6.07) is 8.36. The monoisotopic (exact) mass is 388 g/mol. The Labute approximate surface area is 168 Å². The molecule has 0 unspecified atom stereocenters. The molecule has 0 saturated carbocycles. The quantitative estimate of drug-likeness (QED) is 0.564. The molecule has 29 heavy (non-hydrogen) atoms. The van der Waals surface area contributed by atoms with Crippen molar-refractivity contribution in [1.82, 2.24) is 24.5 Å². The molecular formula is C22H24N6O. The van der Waals surface area contributed by atoms with Gasteiger partial charge in [-0.3, -0.25) is 4.79 Å². The second-order valence-electron chi connectivity index (χ2n) is 7.78. The lowest BCUT2D eigenvalue weighted by Gasteiger charge is -2.16. The standard InChI is InChI=1S/C22H24N6O/c1-13-8-18(26-28-12-14(2)25-21(13)28)16-9-15-5-7-27(17-4-6-24-11-17)22(29)20(15)19(10-16)23-3/h5,7-10,12,17,23-24H,4,6,11H2,1-3H3/t17-/m1/s1. The minimum Gasteiger partial charge on any atom is -0.387 e. The van der Waals surface area contributed by atoms with Crippen molar-refractivity contribution >= 4 is 22.1 Å². The zero-order chi connectivity index (χ0) is 20.1. The predicted octanol–water partition coefficient (Wildman–Crippen LogP) is 2.90. The Balaban J connectivity index is 1.70. The second-order valence-corrected chi connectivity index (χ2v) is 7.78. The van der Waals surface area contributed by atoms with Crippen LogP contribution in [0.4, 0.5) is 5.69 Å². The number of nitrogens with one attached hydrogen (secondary N) is 2. The van der Waals surface area contributed by atoms with Crippen molar-refractivity contribution < 1.29 is 0 Å². The molecule has 0 amide bonds. The number of fused-ring (bicyclic) bond motifs is 2. The van der Waals surface area contributed by atoms with Gasteiger partial charge in [-0.25, -0.2) is 9.50 Å². The van der Waals surface area contributed by atoms with E-state index in [1.807, 2.05) is 66.6 Å². The first-order valence-electron chi connectivity index (χ1n) is 9.96. The highest BCUT2D eigenvalue weighted by Crippen LogP contribution is 2.29. The number of rotatable bonds is 3. The van der Waals surface area contributed by atoms with E-state index in [4.69, 9.17) is 5.10 Å². The van der Waals surface area contributed by atoms with E-state index in [2.05, 4.69) is 15.6 Å². The number of anilines is 1. The number of pyridine rings is 1. The van der Waals surface area contributed by atoms with Gasteiger partial charge in [0.1, 0.15) is 0 Å². The summed E-state index contributed by atoms with van der Waals surface area (Å²) < 4.78 is 3.69. The van der Waals surface area contributed by atoms with Crippen molar-refractivity contribution in [2.45, 2.75) is 26.3 Å². The van der Waals surface area contributed by atoms with Gasteiger partial charge in [0.15, 0.2) is 5.65 Å². The Morgan fingerprint density at radius 3 is 2.86 bits per heavy atom. The number of hydrogen-bond donors (Lipinski definition) is 2. The Kier molecular flexibility index (Phi) is 4.13. The lowest BCUT2D eigenvalue weighted by Crippen LogP contribution is -2.26. The molecule has 2 N–H and O–H groups in total. The molecule has 1 aromatic carbocycles. The third kappa shape index (κ3) is 2.89. The number of benzene rings is 1. The van der Waals surface area contributed by atoms with Crippen LogP contribution in [0.5, 0.6) is 0 Å². The van der Waals surface area contributed by atoms with Crippen LogP contribution in [0.25, 0.3) is 27.7 Å². The van der Waals surface area contributed by atoms with Crippen LogP contribution in [0.2, 0.25) is 0 Å². The lowest BCUT2D eigenvalue weighted by atomic mass is 10.0. The van der Waals surface area contributed by atoms with Crippen molar-refractivity contribution in [1.29, 1.82) is 0 Å². The predicted molar refractivity (Wildman–Crippen MR) is 116 cm³/mol. The second kappa shape index (κ2) is 6.70. The number of imidazole rings is 1. The molecule has 5 rings (SSSR count). The summed E-state index contributed by atoms with van der Waals surface area (Å²) in [6.07, 6.45) is 4.83. The van der Waals surface area contributed by atoms with Crippen molar-refractivity contribution in [2.24, 2.45) is 0 Å².